The van der Waals surface area contributed by atoms with Crippen LogP contribution >= 0.6 is 11.8 Å². The summed E-state index contributed by atoms with van der Waals surface area (Å²) in [4.78, 5) is 15.7. The summed E-state index contributed by atoms with van der Waals surface area (Å²) in [6.07, 6.45) is 7.25. The van der Waals surface area contributed by atoms with Crippen molar-refractivity contribution >= 4 is 17.5 Å². The second-order valence-corrected chi connectivity index (χ2v) is 9.16. The number of thioether (sulfide) groups is 1. The van der Waals surface area contributed by atoms with E-state index < -0.39 is 0 Å². The SMILES string of the molecule is CN1CC[C@]2(c3ccc4c(c3)OC3(CCC3)S4)CCC(=O)C[C@H]12. The number of likely N-dealkylation sites (tertiary alicyclic amines) is 1. The van der Waals surface area contributed by atoms with Gasteiger partial charge in [-0.2, -0.15) is 0 Å². The zero-order chi connectivity index (χ0) is 15.7. The number of carbonyl (C=O) groups is 1. The van der Waals surface area contributed by atoms with E-state index in [4.69, 9.17) is 4.74 Å². The quantitative estimate of drug-likeness (QED) is 0.785. The van der Waals surface area contributed by atoms with Crippen LogP contribution in [0.15, 0.2) is 23.1 Å². The number of carbonyl (C=O) groups excluding carboxylic acids is 1. The van der Waals surface area contributed by atoms with Crippen molar-refractivity contribution in [3.63, 3.8) is 0 Å². The molecule has 1 saturated heterocycles. The van der Waals surface area contributed by atoms with Crippen LogP contribution < -0.4 is 4.74 Å². The van der Waals surface area contributed by atoms with Gasteiger partial charge in [0, 0.05) is 24.3 Å². The Balaban J connectivity index is 1.52. The summed E-state index contributed by atoms with van der Waals surface area (Å²) in [7, 11) is 2.17. The van der Waals surface area contributed by atoms with Gasteiger partial charge in [0.1, 0.15) is 11.5 Å². The molecule has 1 aromatic carbocycles. The van der Waals surface area contributed by atoms with Crippen LogP contribution in [-0.4, -0.2) is 35.3 Å². The summed E-state index contributed by atoms with van der Waals surface area (Å²) in [5, 5.41) is 0. The molecule has 2 aliphatic heterocycles. The number of ether oxygens (including phenoxy) is 1. The minimum absolute atomic E-state index is 0.0486. The van der Waals surface area contributed by atoms with Crippen molar-refractivity contribution in [1.29, 1.82) is 0 Å². The zero-order valence-electron chi connectivity index (χ0n) is 13.6. The molecule has 2 aliphatic carbocycles. The Bertz CT molecular complexity index is 684. The van der Waals surface area contributed by atoms with Gasteiger partial charge >= 0.3 is 0 Å². The van der Waals surface area contributed by atoms with Crippen molar-refractivity contribution < 1.29 is 9.53 Å². The van der Waals surface area contributed by atoms with Crippen LogP contribution in [0.2, 0.25) is 0 Å². The largest absolute Gasteiger partial charge is 0.475 e. The van der Waals surface area contributed by atoms with Crippen molar-refractivity contribution in [3.05, 3.63) is 23.8 Å². The zero-order valence-corrected chi connectivity index (χ0v) is 14.5. The molecule has 1 spiro atoms. The first-order valence-electron chi connectivity index (χ1n) is 8.85. The Labute approximate surface area is 141 Å². The average Bonchev–Trinajstić information content (AvgIpc) is 3.06. The lowest BCUT2D eigenvalue weighted by atomic mass is 9.66. The maximum absolute atomic E-state index is 12.0. The van der Waals surface area contributed by atoms with E-state index in [9.17, 15) is 4.79 Å². The van der Waals surface area contributed by atoms with Gasteiger partial charge in [0.25, 0.3) is 0 Å². The van der Waals surface area contributed by atoms with Crippen LogP contribution in [0.1, 0.15) is 50.5 Å². The van der Waals surface area contributed by atoms with E-state index in [0.29, 0.717) is 18.2 Å². The molecule has 0 aromatic heterocycles. The summed E-state index contributed by atoms with van der Waals surface area (Å²) in [5.74, 6) is 1.52. The molecule has 0 N–H and O–H groups in total. The second kappa shape index (κ2) is 4.76. The van der Waals surface area contributed by atoms with Crippen molar-refractivity contribution in [2.24, 2.45) is 0 Å². The lowest BCUT2D eigenvalue weighted by Gasteiger charge is -2.41. The van der Waals surface area contributed by atoms with Gasteiger partial charge in [0.2, 0.25) is 0 Å². The predicted molar refractivity (Wildman–Crippen MR) is 91.1 cm³/mol. The van der Waals surface area contributed by atoms with E-state index in [1.54, 1.807) is 0 Å². The first-order chi connectivity index (χ1) is 11.1. The van der Waals surface area contributed by atoms with Crippen molar-refractivity contribution in [2.75, 3.05) is 13.6 Å². The van der Waals surface area contributed by atoms with Gasteiger partial charge in [0.05, 0.1) is 4.90 Å². The van der Waals surface area contributed by atoms with E-state index in [1.807, 2.05) is 11.8 Å². The lowest BCUT2D eigenvalue weighted by molar-refractivity contribution is -0.122. The van der Waals surface area contributed by atoms with Gasteiger partial charge in [-0.05, 0) is 63.4 Å². The predicted octanol–water partition coefficient (Wildman–Crippen LogP) is 3.75. The number of ketones is 1. The molecule has 5 rings (SSSR count). The molecule has 3 fully saturated rings. The minimum Gasteiger partial charge on any atom is -0.475 e. The molecule has 0 bridgehead atoms. The smallest absolute Gasteiger partial charge is 0.159 e. The van der Waals surface area contributed by atoms with Gasteiger partial charge < -0.3 is 9.64 Å². The third-order valence-corrected chi connectivity index (χ3v) is 8.00. The molecular formula is C19H23NO2S. The van der Waals surface area contributed by atoms with Gasteiger partial charge in [0.15, 0.2) is 4.93 Å². The van der Waals surface area contributed by atoms with Crippen LogP contribution in [-0.2, 0) is 10.2 Å². The average molecular weight is 329 g/mol. The highest BCUT2D eigenvalue weighted by atomic mass is 32.2. The molecule has 2 atom stereocenters. The van der Waals surface area contributed by atoms with E-state index >= 15 is 0 Å². The summed E-state index contributed by atoms with van der Waals surface area (Å²) in [5.41, 5.74) is 1.55. The number of benzene rings is 1. The Kier molecular flexibility index (Phi) is 2.97. The summed E-state index contributed by atoms with van der Waals surface area (Å²) in [6, 6.07) is 7.25. The number of fused-ring (bicyclic) bond motifs is 2. The van der Waals surface area contributed by atoms with Crippen molar-refractivity contribution in [3.8, 4) is 5.75 Å². The molecule has 4 heteroatoms. The van der Waals surface area contributed by atoms with Gasteiger partial charge in [-0.25, -0.2) is 0 Å². The molecular weight excluding hydrogens is 306 g/mol. The molecule has 0 unspecified atom stereocenters. The fourth-order valence-corrected chi connectivity index (χ4v) is 6.36. The van der Waals surface area contributed by atoms with E-state index in [1.165, 1.54) is 36.1 Å². The first kappa shape index (κ1) is 14.4. The summed E-state index contributed by atoms with van der Waals surface area (Å²) < 4.78 is 6.34. The number of Topliss-reactive ketones (excluding diaryl/α,β-unsaturated/α-hetero) is 1. The Morgan fingerprint density at radius 2 is 2.13 bits per heavy atom. The van der Waals surface area contributed by atoms with Gasteiger partial charge in [-0.1, -0.05) is 17.8 Å². The number of hydrogen-bond acceptors (Lipinski definition) is 4. The molecule has 0 amide bonds. The Morgan fingerprint density at radius 3 is 2.91 bits per heavy atom. The molecule has 1 aromatic rings. The van der Waals surface area contributed by atoms with Crippen molar-refractivity contribution in [2.45, 2.75) is 66.2 Å². The van der Waals surface area contributed by atoms with Gasteiger partial charge in [-0.15, -0.1) is 0 Å². The standard InChI is InChI=1S/C19H23NO2S/c1-20-10-9-18(8-5-14(21)12-17(18)20)13-3-4-16-15(11-13)22-19(23-16)6-2-7-19/h3-4,11,17H,2,5-10,12H2,1H3/t17-,18-/m0/s1. The lowest BCUT2D eigenvalue weighted by Crippen LogP contribution is -2.46. The Morgan fingerprint density at radius 1 is 1.26 bits per heavy atom. The fraction of sp³-hybridized carbons (Fsp3) is 0.632. The fourth-order valence-electron chi connectivity index (χ4n) is 5.00. The molecule has 4 aliphatic rings. The third kappa shape index (κ3) is 1.97. The maximum atomic E-state index is 12.0. The molecule has 122 valence electrons. The van der Waals surface area contributed by atoms with Crippen LogP contribution in [0.25, 0.3) is 0 Å². The highest BCUT2D eigenvalue weighted by molar-refractivity contribution is 8.01. The topological polar surface area (TPSA) is 29.5 Å². The van der Waals surface area contributed by atoms with E-state index in [0.717, 1.165) is 25.1 Å². The minimum atomic E-state index is 0.0486. The Hall–Kier alpha value is -1.00. The number of likely N-dealkylation sites (N-methyl/N-ethyl adjacent to an activating group) is 1. The molecule has 0 radical (unpaired) electrons. The van der Waals surface area contributed by atoms with Gasteiger partial charge in [-0.3, -0.25) is 4.79 Å². The summed E-state index contributed by atoms with van der Waals surface area (Å²) >= 11 is 1.92. The maximum Gasteiger partial charge on any atom is 0.159 e. The second-order valence-electron chi connectivity index (χ2n) is 7.78. The highest BCUT2D eigenvalue weighted by Crippen LogP contribution is 2.58. The van der Waals surface area contributed by atoms with Crippen molar-refractivity contribution in [1.82, 2.24) is 4.90 Å². The number of rotatable bonds is 1. The molecule has 23 heavy (non-hydrogen) atoms. The molecule has 2 saturated carbocycles. The third-order valence-electron chi connectivity index (χ3n) is 6.58. The van der Waals surface area contributed by atoms with Crippen LogP contribution in [0.5, 0.6) is 5.75 Å². The number of nitrogens with zero attached hydrogens (tertiary/aromatic N) is 1. The van der Waals surface area contributed by atoms with Crippen LogP contribution in [0.4, 0.5) is 0 Å². The highest BCUT2D eigenvalue weighted by Gasteiger charge is 2.51. The van der Waals surface area contributed by atoms with E-state index in [2.05, 4.69) is 30.1 Å². The van der Waals surface area contributed by atoms with Crippen LogP contribution in [0.3, 0.4) is 0 Å². The summed E-state index contributed by atoms with van der Waals surface area (Å²) in [6.45, 7) is 1.09. The molecule has 2 heterocycles. The monoisotopic (exact) mass is 329 g/mol. The molecule has 3 nitrogen and oxygen atoms in total. The van der Waals surface area contributed by atoms with E-state index in [-0.39, 0.29) is 10.3 Å². The normalized spacial score (nSPS) is 34.8. The number of hydrogen-bond donors (Lipinski definition) is 0. The van der Waals surface area contributed by atoms with Crippen LogP contribution in [0, 0.1) is 0 Å². The first-order valence-corrected chi connectivity index (χ1v) is 9.67.